The SMILES string of the molecule is Cc1ccc2c(c1C1CCCCCCCCCC1)[N]c1ccccc1-2. The van der Waals surface area contributed by atoms with Crippen molar-refractivity contribution in [1.82, 2.24) is 5.32 Å². The molecule has 25 heavy (non-hydrogen) atoms. The average molecular weight is 333 g/mol. The maximum absolute atomic E-state index is 5.07. The summed E-state index contributed by atoms with van der Waals surface area (Å²) >= 11 is 0. The van der Waals surface area contributed by atoms with Gasteiger partial charge < -0.3 is 0 Å². The molecule has 1 saturated carbocycles. The zero-order valence-corrected chi connectivity index (χ0v) is 15.6. The first kappa shape index (κ1) is 16.7. The van der Waals surface area contributed by atoms with Gasteiger partial charge >= 0.3 is 0 Å². The molecule has 2 aromatic rings. The molecule has 4 rings (SSSR count). The number of hydrogen-bond donors (Lipinski definition) is 0. The number of rotatable bonds is 1. The van der Waals surface area contributed by atoms with E-state index in [1.807, 2.05) is 0 Å². The molecule has 2 aliphatic rings. The minimum absolute atomic E-state index is 0.686. The highest BCUT2D eigenvalue weighted by atomic mass is 14.9. The van der Waals surface area contributed by atoms with Crippen molar-refractivity contribution in [2.45, 2.75) is 77.0 Å². The third kappa shape index (κ3) is 3.47. The van der Waals surface area contributed by atoms with E-state index >= 15 is 0 Å². The lowest BCUT2D eigenvalue weighted by Gasteiger charge is -2.22. The molecular formula is C24H30N. The van der Waals surface area contributed by atoms with Gasteiger partial charge in [-0.1, -0.05) is 81.7 Å². The summed E-state index contributed by atoms with van der Waals surface area (Å²) in [6.45, 7) is 2.29. The van der Waals surface area contributed by atoms with Crippen LogP contribution in [0.2, 0.25) is 0 Å². The van der Waals surface area contributed by atoms with Crippen LogP contribution in [0.3, 0.4) is 0 Å². The molecule has 0 bridgehead atoms. The Balaban J connectivity index is 1.66. The van der Waals surface area contributed by atoms with Crippen molar-refractivity contribution in [3.63, 3.8) is 0 Å². The quantitative estimate of drug-likeness (QED) is 0.437. The van der Waals surface area contributed by atoms with E-state index in [2.05, 4.69) is 43.3 Å². The highest BCUT2D eigenvalue weighted by Crippen LogP contribution is 2.48. The van der Waals surface area contributed by atoms with E-state index in [-0.39, 0.29) is 0 Å². The van der Waals surface area contributed by atoms with Crippen molar-refractivity contribution in [2.75, 3.05) is 0 Å². The van der Waals surface area contributed by atoms with Crippen LogP contribution in [0.15, 0.2) is 36.4 Å². The molecule has 0 saturated heterocycles. The minimum atomic E-state index is 0.686. The van der Waals surface area contributed by atoms with Gasteiger partial charge in [0.2, 0.25) is 0 Å². The predicted molar refractivity (Wildman–Crippen MR) is 107 cm³/mol. The van der Waals surface area contributed by atoms with Crippen molar-refractivity contribution in [2.24, 2.45) is 0 Å². The van der Waals surface area contributed by atoms with Crippen LogP contribution in [0.4, 0.5) is 11.4 Å². The van der Waals surface area contributed by atoms with E-state index in [0.717, 1.165) is 5.69 Å². The van der Waals surface area contributed by atoms with Crippen LogP contribution in [0.5, 0.6) is 0 Å². The van der Waals surface area contributed by atoms with E-state index in [4.69, 9.17) is 5.32 Å². The van der Waals surface area contributed by atoms with Gasteiger partial charge in [0.25, 0.3) is 0 Å². The van der Waals surface area contributed by atoms with Gasteiger partial charge in [0.05, 0.1) is 11.4 Å². The number of aryl methyl sites for hydroxylation is 1. The summed E-state index contributed by atoms with van der Waals surface area (Å²) in [6.07, 6.45) is 14.0. The van der Waals surface area contributed by atoms with E-state index in [1.165, 1.54) is 86.6 Å². The van der Waals surface area contributed by atoms with Crippen molar-refractivity contribution in [3.8, 4) is 11.1 Å². The molecule has 1 heterocycles. The number of fused-ring (bicyclic) bond motifs is 3. The third-order valence-corrected chi connectivity index (χ3v) is 6.12. The third-order valence-electron chi connectivity index (χ3n) is 6.12. The molecule has 0 atom stereocenters. The molecular weight excluding hydrogens is 302 g/mol. The molecule has 1 aliphatic heterocycles. The van der Waals surface area contributed by atoms with E-state index in [9.17, 15) is 0 Å². The van der Waals surface area contributed by atoms with Gasteiger partial charge in [-0.3, -0.25) is 0 Å². The summed E-state index contributed by atoms with van der Waals surface area (Å²) in [5.74, 6) is 0.686. The summed E-state index contributed by atoms with van der Waals surface area (Å²) in [7, 11) is 0. The standard InChI is InChI=1S/C24H30N/c1-18-16-17-21-20-14-10-11-15-22(20)25-24(21)23(18)19-12-8-6-4-2-3-5-7-9-13-19/h10-11,14-17,19H,2-9,12-13H2,1H3. The lowest BCUT2D eigenvalue weighted by molar-refractivity contribution is 0.513. The molecule has 0 N–H and O–H groups in total. The molecule has 0 unspecified atom stereocenters. The molecule has 0 amide bonds. The highest BCUT2D eigenvalue weighted by molar-refractivity contribution is 5.92. The number of hydrogen-bond acceptors (Lipinski definition) is 0. The first-order chi connectivity index (χ1) is 12.3. The molecule has 1 fully saturated rings. The van der Waals surface area contributed by atoms with Crippen LogP contribution in [-0.2, 0) is 0 Å². The van der Waals surface area contributed by atoms with Gasteiger partial charge in [-0.15, -0.1) is 0 Å². The van der Waals surface area contributed by atoms with Gasteiger partial charge in [-0.2, -0.15) is 0 Å². The van der Waals surface area contributed by atoms with Crippen molar-refractivity contribution in [1.29, 1.82) is 0 Å². The summed E-state index contributed by atoms with van der Waals surface area (Å²) in [4.78, 5) is 0. The summed E-state index contributed by atoms with van der Waals surface area (Å²) in [5.41, 5.74) is 8.09. The Bertz CT molecular complexity index is 719. The van der Waals surface area contributed by atoms with Crippen LogP contribution < -0.4 is 5.32 Å². The Morgan fingerprint density at radius 1 is 0.720 bits per heavy atom. The van der Waals surface area contributed by atoms with Crippen molar-refractivity contribution >= 4 is 11.4 Å². The molecule has 1 aliphatic carbocycles. The van der Waals surface area contributed by atoms with Crippen LogP contribution in [-0.4, -0.2) is 0 Å². The van der Waals surface area contributed by atoms with Crippen LogP contribution in [0, 0.1) is 6.92 Å². The molecule has 2 aromatic carbocycles. The van der Waals surface area contributed by atoms with Gasteiger partial charge in [0, 0.05) is 11.1 Å². The minimum Gasteiger partial charge on any atom is -0.247 e. The Labute approximate surface area is 152 Å². The zero-order valence-electron chi connectivity index (χ0n) is 15.6. The van der Waals surface area contributed by atoms with Gasteiger partial charge in [0.1, 0.15) is 0 Å². The number of benzene rings is 2. The number of para-hydroxylation sites is 1. The zero-order chi connectivity index (χ0) is 17.1. The Kier molecular flexibility index (Phi) is 5.10. The molecule has 131 valence electrons. The first-order valence-corrected chi connectivity index (χ1v) is 10.3. The van der Waals surface area contributed by atoms with Crippen molar-refractivity contribution in [3.05, 3.63) is 47.5 Å². The predicted octanol–water partition coefficient (Wildman–Crippen LogP) is 7.54. The molecule has 1 radical (unpaired) electrons. The Hall–Kier alpha value is -1.76. The van der Waals surface area contributed by atoms with Crippen LogP contribution >= 0.6 is 0 Å². The molecule has 0 aromatic heterocycles. The lowest BCUT2D eigenvalue weighted by Crippen LogP contribution is -2.05. The van der Waals surface area contributed by atoms with Gasteiger partial charge in [0.15, 0.2) is 0 Å². The summed E-state index contributed by atoms with van der Waals surface area (Å²) in [5, 5.41) is 5.07. The van der Waals surface area contributed by atoms with Gasteiger partial charge in [-0.05, 0) is 42.9 Å². The van der Waals surface area contributed by atoms with E-state index in [0.29, 0.717) is 5.92 Å². The number of nitrogens with zero attached hydrogens (tertiary/aromatic N) is 1. The fourth-order valence-electron chi connectivity index (χ4n) is 4.76. The maximum Gasteiger partial charge on any atom is 0.0753 e. The second-order valence-electron chi connectivity index (χ2n) is 7.92. The van der Waals surface area contributed by atoms with E-state index in [1.54, 1.807) is 5.56 Å². The van der Waals surface area contributed by atoms with E-state index < -0.39 is 0 Å². The Morgan fingerprint density at radius 3 is 2.08 bits per heavy atom. The first-order valence-electron chi connectivity index (χ1n) is 10.3. The Morgan fingerprint density at radius 2 is 1.36 bits per heavy atom. The molecule has 1 nitrogen and oxygen atoms in total. The molecule has 1 heteroatoms. The fourth-order valence-corrected chi connectivity index (χ4v) is 4.76. The maximum atomic E-state index is 5.07. The average Bonchev–Trinajstić information content (AvgIpc) is 2.96. The second-order valence-corrected chi connectivity index (χ2v) is 7.92. The monoisotopic (exact) mass is 332 g/mol. The summed E-state index contributed by atoms with van der Waals surface area (Å²) in [6, 6.07) is 13.2. The van der Waals surface area contributed by atoms with Gasteiger partial charge in [-0.25, -0.2) is 5.32 Å². The molecule has 0 spiro atoms. The normalized spacial score (nSPS) is 18.8. The topological polar surface area (TPSA) is 14.1 Å². The van der Waals surface area contributed by atoms with Crippen molar-refractivity contribution < 1.29 is 0 Å². The lowest BCUT2D eigenvalue weighted by atomic mass is 9.84. The van der Waals surface area contributed by atoms with Crippen LogP contribution in [0.1, 0.15) is 81.3 Å². The highest BCUT2D eigenvalue weighted by Gasteiger charge is 2.27. The smallest absolute Gasteiger partial charge is 0.0753 e. The fraction of sp³-hybridized carbons (Fsp3) is 0.500. The second kappa shape index (κ2) is 7.64. The summed E-state index contributed by atoms with van der Waals surface area (Å²) < 4.78 is 0. The van der Waals surface area contributed by atoms with Crippen LogP contribution in [0.25, 0.3) is 11.1 Å². The largest absolute Gasteiger partial charge is 0.247 e.